The summed E-state index contributed by atoms with van der Waals surface area (Å²) < 4.78 is 66.9. The Morgan fingerprint density at radius 3 is 2.37 bits per heavy atom. The summed E-state index contributed by atoms with van der Waals surface area (Å²) in [6, 6.07) is 6.33. The molecule has 3 rings (SSSR count). The molecule has 0 spiro atoms. The SMILES string of the molecule is COCC(COc1cc2c(N[C@H](C)c3cccc(C(F)(F)C(C)(C)O)c3F)nc(C)nc2cc1OC)OC. The van der Waals surface area contributed by atoms with Gasteiger partial charge in [-0.15, -0.1) is 0 Å². The molecule has 0 bridgehead atoms. The fraction of sp³-hybridized carbons (Fsp3) is 0.481. The van der Waals surface area contributed by atoms with Crippen LogP contribution in [0.15, 0.2) is 30.3 Å². The number of fused-ring (bicyclic) bond motifs is 1. The molecule has 0 aliphatic rings. The maximum Gasteiger partial charge on any atom is 0.303 e. The smallest absolute Gasteiger partial charge is 0.303 e. The van der Waals surface area contributed by atoms with Gasteiger partial charge in [0.1, 0.15) is 35.8 Å². The van der Waals surface area contributed by atoms with Crippen LogP contribution in [0.4, 0.5) is 19.0 Å². The third-order valence-corrected chi connectivity index (χ3v) is 6.16. The number of benzene rings is 2. The summed E-state index contributed by atoms with van der Waals surface area (Å²) in [5, 5.41) is 13.6. The average molecular weight is 538 g/mol. The fourth-order valence-corrected chi connectivity index (χ4v) is 3.93. The third-order valence-electron chi connectivity index (χ3n) is 6.16. The molecule has 208 valence electrons. The molecule has 0 fully saturated rings. The summed E-state index contributed by atoms with van der Waals surface area (Å²) >= 11 is 0. The van der Waals surface area contributed by atoms with Gasteiger partial charge in [-0.2, -0.15) is 8.78 Å². The van der Waals surface area contributed by atoms with Gasteiger partial charge >= 0.3 is 5.92 Å². The summed E-state index contributed by atoms with van der Waals surface area (Å²) in [7, 11) is 4.62. The molecule has 0 aliphatic carbocycles. The van der Waals surface area contributed by atoms with Gasteiger partial charge in [0.25, 0.3) is 0 Å². The maximum absolute atomic E-state index is 15.4. The molecule has 38 heavy (non-hydrogen) atoms. The van der Waals surface area contributed by atoms with E-state index in [1.54, 1.807) is 40.2 Å². The predicted molar refractivity (Wildman–Crippen MR) is 138 cm³/mol. The Morgan fingerprint density at radius 2 is 1.76 bits per heavy atom. The minimum Gasteiger partial charge on any atom is -0.493 e. The van der Waals surface area contributed by atoms with Crippen molar-refractivity contribution >= 4 is 16.7 Å². The van der Waals surface area contributed by atoms with Crippen LogP contribution >= 0.6 is 0 Å². The largest absolute Gasteiger partial charge is 0.493 e. The molecule has 0 amide bonds. The van der Waals surface area contributed by atoms with E-state index in [2.05, 4.69) is 15.3 Å². The molecular formula is C27H34F3N3O5. The lowest BCUT2D eigenvalue weighted by Crippen LogP contribution is -2.41. The van der Waals surface area contributed by atoms with Gasteiger partial charge in [0, 0.05) is 31.2 Å². The summed E-state index contributed by atoms with van der Waals surface area (Å²) in [5.74, 6) is -3.29. The normalized spacial score (nSPS) is 13.9. The topological polar surface area (TPSA) is 95.0 Å². The van der Waals surface area contributed by atoms with E-state index in [4.69, 9.17) is 18.9 Å². The van der Waals surface area contributed by atoms with Crippen LogP contribution in [0.25, 0.3) is 10.9 Å². The first-order valence-electron chi connectivity index (χ1n) is 12.0. The first-order valence-corrected chi connectivity index (χ1v) is 12.0. The first kappa shape index (κ1) is 29.4. The van der Waals surface area contributed by atoms with Gasteiger partial charge in [0.15, 0.2) is 11.5 Å². The number of hydrogen-bond donors (Lipinski definition) is 2. The van der Waals surface area contributed by atoms with Crippen LogP contribution < -0.4 is 14.8 Å². The number of hydrogen-bond acceptors (Lipinski definition) is 8. The highest BCUT2D eigenvalue weighted by atomic mass is 19.3. The van der Waals surface area contributed by atoms with Gasteiger partial charge in [0.2, 0.25) is 0 Å². The number of anilines is 1. The summed E-state index contributed by atoms with van der Waals surface area (Å²) in [4.78, 5) is 8.94. The van der Waals surface area contributed by atoms with Crippen molar-refractivity contribution in [3.05, 3.63) is 53.1 Å². The number of aryl methyl sites for hydroxylation is 1. The molecule has 11 heteroatoms. The lowest BCUT2D eigenvalue weighted by Gasteiger charge is -2.30. The van der Waals surface area contributed by atoms with E-state index in [1.807, 2.05) is 0 Å². The number of aromatic nitrogens is 2. The van der Waals surface area contributed by atoms with Gasteiger partial charge in [0.05, 0.1) is 30.8 Å². The minimum atomic E-state index is -3.81. The molecular weight excluding hydrogens is 503 g/mol. The first-order chi connectivity index (χ1) is 17.8. The van der Waals surface area contributed by atoms with Gasteiger partial charge in [-0.25, -0.2) is 14.4 Å². The number of ether oxygens (including phenoxy) is 4. The Hall–Kier alpha value is -3.15. The molecule has 3 aromatic rings. The summed E-state index contributed by atoms with van der Waals surface area (Å²) in [6.07, 6.45) is -0.315. The number of nitrogens with zero attached hydrogens (tertiary/aromatic N) is 2. The second-order valence-corrected chi connectivity index (χ2v) is 9.47. The number of nitrogens with one attached hydrogen (secondary N) is 1. The van der Waals surface area contributed by atoms with Gasteiger partial charge < -0.3 is 29.4 Å². The van der Waals surface area contributed by atoms with Crippen LogP contribution in [0.1, 0.15) is 43.8 Å². The zero-order chi connectivity index (χ0) is 28.3. The van der Waals surface area contributed by atoms with Crippen LogP contribution in [-0.4, -0.2) is 61.3 Å². The second kappa shape index (κ2) is 11.7. The zero-order valence-electron chi connectivity index (χ0n) is 22.6. The van der Waals surface area contributed by atoms with E-state index in [0.717, 1.165) is 19.9 Å². The molecule has 0 saturated heterocycles. The fourth-order valence-electron chi connectivity index (χ4n) is 3.93. The van der Waals surface area contributed by atoms with E-state index < -0.39 is 28.9 Å². The average Bonchev–Trinajstić information content (AvgIpc) is 2.85. The van der Waals surface area contributed by atoms with E-state index in [9.17, 15) is 13.9 Å². The molecule has 2 N–H and O–H groups in total. The van der Waals surface area contributed by atoms with Crippen molar-refractivity contribution in [2.75, 3.05) is 39.9 Å². The Kier molecular flexibility index (Phi) is 9.06. The zero-order valence-corrected chi connectivity index (χ0v) is 22.6. The standard InChI is InChI=1S/C27H34F3N3O5/c1-15(18-9-8-10-20(24(18)28)27(29,30)26(3,4)34)31-25-19-11-23(38-14-17(36-6)13-35-5)22(37-7)12-21(19)32-16(2)33-25/h8-12,15,17,34H,13-14H2,1-7H3,(H,31,32,33)/t15-,17?/m1/s1. The maximum atomic E-state index is 15.4. The molecule has 2 aromatic carbocycles. The lowest BCUT2D eigenvalue weighted by molar-refractivity contribution is -0.170. The lowest BCUT2D eigenvalue weighted by atomic mass is 9.91. The van der Waals surface area contributed by atoms with E-state index in [-0.39, 0.29) is 18.3 Å². The minimum absolute atomic E-state index is 0.0108. The molecule has 0 saturated carbocycles. The Bertz CT molecular complexity index is 1270. The number of aliphatic hydroxyl groups is 1. The van der Waals surface area contributed by atoms with Crippen molar-refractivity contribution in [2.24, 2.45) is 0 Å². The Morgan fingerprint density at radius 1 is 1.05 bits per heavy atom. The van der Waals surface area contributed by atoms with Crippen LogP contribution in [0.2, 0.25) is 0 Å². The second-order valence-electron chi connectivity index (χ2n) is 9.47. The molecule has 1 heterocycles. The molecule has 1 unspecified atom stereocenters. The van der Waals surface area contributed by atoms with Crippen LogP contribution in [0, 0.1) is 12.7 Å². The van der Waals surface area contributed by atoms with E-state index in [1.165, 1.54) is 19.2 Å². The summed E-state index contributed by atoms with van der Waals surface area (Å²) in [6.45, 7) is 5.72. The van der Waals surface area contributed by atoms with Gasteiger partial charge in [-0.3, -0.25) is 0 Å². The quantitative estimate of drug-likeness (QED) is 0.327. The number of methoxy groups -OCH3 is 3. The monoisotopic (exact) mass is 537 g/mol. The van der Waals surface area contributed by atoms with Crippen molar-refractivity contribution < 1.29 is 37.2 Å². The highest BCUT2D eigenvalue weighted by Crippen LogP contribution is 2.41. The molecule has 8 nitrogen and oxygen atoms in total. The summed E-state index contributed by atoms with van der Waals surface area (Å²) in [5.41, 5.74) is -2.81. The van der Waals surface area contributed by atoms with Gasteiger partial charge in [-0.05, 0) is 39.8 Å². The molecule has 1 aromatic heterocycles. The van der Waals surface area contributed by atoms with E-state index in [0.29, 0.717) is 40.7 Å². The molecule has 0 aliphatic heterocycles. The van der Waals surface area contributed by atoms with Crippen LogP contribution in [-0.2, 0) is 15.4 Å². The van der Waals surface area contributed by atoms with Crippen molar-refractivity contribution in [2.45, 2.75) is 51.4 Å². The highest BCUT2D eigenvalue weighted by Gasteiger charge is 2.49. The van der Waals surface area contributed by atoms with Crippen molar-refractivity contribution in [3.8, 4) is 11.5 Å². The number of alkyl halides is 2. The third kappa shape index (κ3) is 6.11. The van der Waals surface area contributed by atoms with Crippen LogP contribution in [0.5, 0.6) is 11.5 Å². The van der Waals surface area contributed by atoms with Crippen molar-refractivity contribution in [1.82, 2.24) is 9.97 Å². The van der Waals surface area contributed by atoms with Gasteiger partial charge in [-0.1, -0.05) is 12.1 Å². The number of rotatable bonds is 12. The molecule has 0 radical (unpaired) electrons. The Balaban J connectivity index is 2.01. The molecule has 2 atom stereocenters. The number of halogens is 3. The van der Waals surface area contributed by atoms with Crippen molar-refractivity contribution in [1.29, 1.82) is 0 Å². The van der Waals surface area contributed by atoms with E-state index >= 15 is 4.39 Å². The van der Waals surface area contributed by atoms with Crippen LogP contribution in [0.3, 0.4) is 0 Å². The predicted octanol–water partition coefficient (Wildman–Crippen LogP) is 5.16. The highest BCUT2D eigenvalue weighted by molar-refractivity contribution is 5.92. The Labute approximate surface area is 220 Å². The van der Waals surface area contributed by atoms with Crippen molar-refractivity contribution in [3.63, 3.8) is 0 Å².